The van der Waals surface area contributed by atoms with E-state index in [0.717, 1.165) is 0 Å². The molecule has 0 saturated carbocycles. The van der Waals surface area contributed by atoms with E-state index in [1.54, 1.807) is 6.92 Å². The van der Waals surface area contributed by atoms with Crippen molar-refractivity contribution >= 4 is 12.0 Å². The van der Waals surface area contributed by atoms with Crippen LogP contribution >= 0.6 is 0 Å². The van der Waals surface area contributed by atoms with Crippen molar-refractivity contribution in [3.05, 3.63) is 12.3 Å². The van der Waals surface area contributed by atoms with Gasteiger partial charge >= 0.3 is 12.0 Å². The van der Waals surface area contributed by atoms with Crippen molar-refractivity contribution in [2.24, 2.45) is 5.92 Å². The molecule has 0 aromatic carbocycles. The zero-order valence-electron chi connectivity index (χ0n) is 9.33. The van der Waals surface area contributed by atoms with Crippen LogP contribution in [0.2, 0.25) is 0 Å². The van der Waals surface area contributed by atoms with Crippen LogP contribution in [0.4, 0.5) is 4.79 Å². The molecule has 0 radical (unpaired) electrons. The highest BCUT2D eigenvalue weighted by atomic mass is 16.4. The predicted molar refractivity (Wildman–Crippen MR) is 57.4 cm³/mol. The summed E-state index contributed by atoms with van der Waals surface area (Å²) in [7, 11) is 0. The van der Waals surface area contributed by atoms with Crippen molar-refractivity contribution < 1.29 is 14.7 Å². The highest BCUT2D eigenvalue weighted by molar-refractivity contribution is 5.83. The summed E-state index contributed by atoms with van der Waals surface area (Å²) in [6, 6.07) is -1.39. The number of nitrogens with one attached hydrogen (secondary N) is 2. The van der Waals surface area contributed by atoms with E-state index < -0.39 is 18.0 Å². The Morgan fingerprint density at radius 3 is 2.27 bits per heavy atom. The molecule has 0 saturated heterocycles. The van der Waals surface area contributed by atoms with Gasteiger partial charge in [0, 0.05) is 5.70 Å². The fourth-order valence-electron chi connectivity index (χ4n) is 1.08. The third kappa shape index (κ3) is 6.54. The fourth-order valence-corrected chi connectivity index (χ4v) is 1.08. The van der Waals surface area contributed by atoms with Gasteiger partial charge in [0.1, 0.15) is 6.04 Å². The van der Waals surface area contributed by atoms with Gasteiger partial charge in [-0.25, -0.2) is 9.59 Å². The Kier molecular flexibility index (Phi) is 5.44. The molecule has 2 amide bonds. The van der Waals surface area contributed by atoms with E-state index in [9.17, 15) is 9.59 Å². The highest BCUT2D eigenvalue weighted by Crippen LogP contribution is 2.04. The van der Waals surface area contributed by atoms with Crippen molar-refractivity contribution in [2.45, 2.75) is 33.2 Å². The maximum absolute atomic E-state index is 11.2. The zero-order chi connectivity index (χ0) is 12.0. The second kappa shape index (κ2) is 6.06. The lowest BCUT2D eigenvalue weighted by Gasteiger charge is -2.16. The van der Waals surface area contributed by atoms with Gasteiger partial charge in [-0.1, -0.05) is 20.4 Å². The zero-order valence-corrected chi connectivity index (χ0v) is 9.33. The number of carbonyl (C=O) groups excluding carboxylic acids is 1. The van der Waals surface area contributed by atoms with Crippen molar-refractivity contribution in [3.63, 3.8) is 0 Å². The molecule has 0 bridgehead atoms. The molecular weight excluding hydrogens is 196 g/mol. The monoisotopic (exact) mass is 214 g/mol. The minimum Gasteiger partial charge on any atom is -0.480 e. The summed E-state index contributed by atoms with van der Waals surface area (Å²) in [6.07, 6.45) is 0.402. The number of carbonyl (C=O) groups is 2. The summed E-state index contributed by atoms with van der Waals surface area (Å²) >= 11 is 0. The van der Waals surface area contributed by atoms with Crippen LogP contribution in [0.1, 0.15) is 27.2 Å². The molecule has 0 heterocycles. The summed E-state index contributed by atoms with van der Waals surface area (Å²) in [5.41, 5.74) is 0.473. The lowest BCUT2D eigenvalue weighted by Crippen LogP contribution is -2.45. The average molecular weight is 214 g/mol. The number of urea groups is 1. The Bertz CT molecular complexity index is 261. The first-order chi connectivity index (χ1) is 6.82. The standard InChI is InChI=1S/C10H18N2O3/c1-6(2)5-8(9(13)14)12-10(15)11-7(3)4/h6,8H,3,5H2,1-2,4H3,(H,13,14)(H2,11,12,15). The van der Waals surface area contributed by atoms with E-state index in [2.05, 4.69) is 17.2 Å². The molecule has 1 atom stereocenters. The van der Waals surface area contributed by atoms with Gasteiger partial charge in [0.15, 0.2) is 0 Å². The fraction of sp³-hybridized carbons (Fsp3) is 0.600. The van der Waals surface area contributed by atoms with Gasteiger partial charge in [-0.3, -0.25) is 0 Å². The third-order valence-electron chi connectivity index (χ3n) is 1.64. The van der Waals surface area contributed by atoms with E-state index in [-0.39, 0.29) is 5.92 Å². The van der Waals surface area contributed by atoms with Crippen LogP contribution in [0.3, 0.4) is 0 Å². The molecule has 86 valence electrons. The molecule has 5 nitrogen and oxygen atoms in total. The topological polar surface area (TPSA) is 78.4 Å². The lowest BCUT2D eigenvalue weighted by atomic mass is 10.0. The molecule has 15 heavy (non-hydrogen) atoms. The highest BCUT2D eigenvalue weighted by Gasteiger charge is 2.20. The Morgan fingerprint density at radius 2 is 1.93 bits per heavy atom. The van der Waals surface area contributed by atoms with Gasteiger partial charge in [-0.2, -0.15) is 0 Å². The van der Waals surface area contributed by atoms with Crippen LogP contribution in [0.25, 0.3) is 0 Å². The maximum atomic E-state index is 11.2. The normalized spacial score (nSPS) is 12.0. The molecule has 0 spiro atoms. The molecule has 0 rings (SSSR count). The van der Waals surface area contributed by atoms with Gasteiger partial charge in [-0.05, 0) is 19.3 Å². The summed E-state index contributed by atoms with van der Waals surface area (Å²) < 4.78 is 0. The minimum absolute atomic E-state index is 0.205. The van der Waals surface area contributed by atoms with Crippen molar-refractivity contribution in [3.8, 4) is 0 Å². The molecule has 3 N–H and O–H groups in total. The molecule has 1 unspecified atom stereocenters. The Hall–Kier alpha value is -1.52. The quantitative estimate of drug-likeness (QED) is 0.645. The molecule has 0 aliphatic rings. The number of hydrogen-bond acceptors (Lipinski definition) is 2. The van der Waals surface area contributed by atoms with Gasteiger partial charge in [0.05, 0.1) is 0 Å². The van der Waals surface area contributed by atoms with E-state index in [4.69, 9.17) is 5.11 Å². The minimum atomic E-state index is -1.03. The Morgan fingerprint density at radius 1 is 1.40 bits per heavy atom. The van der Waals surface area contributed by atoms with Gasteiger partial charge in [0.25, 0.3) is 0 Å². The van der Waals surface area contributed by atoms with Crippen molar-refractivity contribution in [1.82, 2.24) is 10.6 Å². The lowest BCUT2D eigenvalue weighted by molar-refractivity contribution is -0.139. The summed E-state index contributed by atoms with van der Waals surface area (Å²) in [4.78, 5) is 22.0. The van der Waals surface area contributed by atoms with Crippen LogP contribution in [-0.2, 0) is 4.79 Å². The van der Waals surface area contributed by atoms with E-state index in [1.807, 2.05) is 13.8 Å². The molecule has 0 fully saturated rings. The molecule has 0 aromatic heterocycles. The van der Waals surface area contributed by atoms with Crippen LogP contribution < -0.4 is 10.6 Å². The average Bonchev–Trinajstić information content (AvgIpc) is 1.99. The molecular formula is C10H18N2O3. The summed E-state index contributed by atoms with van der Waals surface area (Å²) in [5, 5.41) is 13.6. The largest absolute Gasteiger partial charge is 0.480 e. The smallest absolute Gasteiger partial charge is 0.326 e. The Labute approximate surface area is 89.6 Å². The van der Waals surface area contributed by atoms with Crippen molar-refractivity contribution in [2.75, 3.05) is 0 Å². The summed E-state index contributed by atoms with van der Waals surface area (Å²) in [6.45, 7) is 8.91. The van der Waals surface area contributed by atoms with Gasteiger partial charge in [0.2, 0.25) is 0 Å². The SMILES string of the molecule is C=C(C)NC(=O)NC(CC(C)C)C(=O)O. The van der Waals surface area contributed by atoms with Crippen molar-refractivity contribution in [1.29, 1.82) is 0 Å². The number of allylic oxidation sites excluding steroid dienone is 1. The van der Waals surface area contributed by atoms with E-state index in [0.29, 0.717) is 12.1 Å². The second-order valence-electron chi connectivity index (χ2n) is 3.90. The molecule has 5 heteroatoms. The van der Waals surface area contributed by atoms with Crippen LogP contribution in [-0.4, -0.2) is 23.1 Å². The molecule has 0 aliphatic carbocycles. The van der Waals surface area contributed by atoms with Crippen LogP contribution in [0.15, 0.2) is 12.3 Å². The first-order valence-electron chi connectivity index (χ1n) is 4.78. The van der Waals surface area contributed by atoms with Gasteiger partial charge < -0.3 is 15.7 Å². The Balaban J connectivity index is 4.22. The van der Waals surface area contributed by atoms with E-state index >= 15 is 0 Å². The number of carboxylic acids is 1. The van der Waals surface area contributed by atoms with Gasteiger partial charge in [-0.15, -0.1) is 0 Å². The number of amides is 2. The van der Waals surface area contributed by atoms with Crippen LogP contribution in [0, 0.1) is 5.92 Å². The maximum Gasteiger partial charge on any atom is 0.326 e. The van der Waals surface area contributed by atoms with E-state index in [1.165, 1.54) is 0 Å². The first-order valence-corrected chi connectivity index (χ1v) is 4.78. The molecule has 0 aliphatic heterocycles. The van der Waals surface area contributed by atoms with Crippen LogP contribution in [0.5, 0.6) is 0 Å². The predicted octanol–water partition coefficient (Wildman–Crippen LogP) is 1.32. The second-order valence-corrected chi connectivity index (χ2v) is 3.90. The number of hydrogen-bond donors (Lipinski definition) is 3. The third-order valence-corrected chi connectivity index (χ3v) is 1.64. The number of aliphatic carboxylic acids is 1. The first kappa shape index (κ1) is 13.5. The number of rotatable bonds is 5. The number of carboxylic acid groups (broad SMARTS) is 1. The molecule has 0 aromatic rings. The summed E-state index contributed by atoms with van der Waals surface area (Å²) in [5.74, 6) is -0.822.